The topological polar surface area (TPSA) is 73.6 Å². The number of carbonyl (C=O) groups excluding carboxylic acids is 1. The average Bonchev–Trinajstić information content (AvgIpc) is 2.54. The fourth-order valence-corrected chi connectivity index (χ4v) is 2.38. The van der Waals surface area contributed by atoms with Gasteiger partial charge in [0, 0.05) is 18.1 Å². The molecule has 0 aromatic heterocycles. The van der Waals surface area contributed by atoms with Gasteiger partial charge in [0.05, 0.1) is 20.3 Å². The number of halogens is 1. The lowest BCUT2D eigenvalue weighted by Gasteiger charge is -2.17. The number of benzene rings is 1. The van der Waals surface area contributed by atoms with E-state index in [1.807, 2.05) is 0 Å². The highest BCUT2D eigenvalue weighted by atomic mass is 19.1. The van der Waals surface area contributed by atoms with Gasteiger partial charge in [0.15, 0.2) is 11.5 Å². The quantitative estimate of drug-likeness (QED) is 0.648. The molecule has 0 saturated carbocycles. The van der Waals surface area contributed by atoms with Gasteiger partial charge < -0.3 is 20.5 Å². The molecule has 0 spiro atoms. The van der Waals surface area contributed by atoms with Crippen LogP contribution in [0.3, 0.4) is 0 Å². The normalized spacial score (nSPS) is 11.9. The van der Waals surface area contributed by atoms with Crippen LogP contribution >= 0.6 is 0 Å². The second-order valence-corrected chi connectivity index (χ2v) is 5.47. The molecular weight excluding hydrogens is 299 g/mol. The Balaban J connectivity index is 2.60. The number of ether oxygens (including phenoxy) is 2. The fraction of sp³-hybridized carbons (Fsp3) is 0.588. The van der Waals surface area contributed by atoms with Crippen molar-refractivity contribution >= 4 is 5.91 Å². The zero-order valence-electron chi connectivity index (χ0n) is 14.2. The Kier molecular flexibility index (Phi) is 8.40. The second-order valence-electron chi connectivity index (χ2n) is 5.47. The Hall–Kier alpha value is -1.82. The second kappa shape index (κ2) is 10.0. The molecule has 1 aromatic carbocycles. The van der Waals surface area contributed by atoms with E-state index < -0.39 is 11.9 Å². The van der Waals surface area contributed by atoms with Gasteiger partial charge in [-0.25, -0.2) is 4.39 Å². The van der Waals surface area contributed by atoms with Crippen LogP contribution in [0.15, 0.2) is 12.1 Å². The maximum Gasteiger partial charge on any atom is 0.220 e. The lowest BCUT2D eigenvalue weighted by atomic mass is 10.1. The van der Waals surface area contributed by atoms with Crippen molar-refractivity contribution in [2.75, 3.05) is 20.8 Å². The number of nitrogens with one attached hydrogen (secondary N) is 1. The number of unbranched alkanes of at least 4 members (excludes halogenated alkanes) is 3. The van der Waals surface area contributed by atoms with Crippen molar-refractivity contribution in [3.05, 3.63) is 23.5 Å². The molecule has 1 rings (SSSR count). The number of nitrogens with two attached hydrogens (primary N) is 1. The van der Waals surface area contributed by atoms with Gasteiger partial charge in [0.25, 0.3) is 0 Å². The van der Waals surface area contributed by atoms with Gasteiger partial charge in [-0.2, -0.15) is 0 Å². The zero-order valence-corrected chi connectivity index (χ0v) is 14.2. The SMILES string of the molecule is COc1cc(F)c(C(C)NC(=O)CCCCCCN)cc1OC. The van der Waals surface area contributed by atoms with Gasteiger partial charge in [-0.1, -0.05) is 12.8 Å². The Labute approximate surface area is 137 Å². The van der Waals surface area contributed by atoms with E-state index >= 15 is 0 Å². The summed E-state index contributed by atoms with van der Waals surface area (Å²) in [6.45, 7) is 2.43. The number of amides is 1. The van der Waals surface area contributed by atoms with Crippen molar-refractivity contribution in [3.8, 4) is 11.5 Å². The molecule has 1 amide bonds. The van der Waals surface area contributed by atoms with Gasteiger partial charge in [-0.3, -0.25) is 4.79 Å². The summed E-state index contributed by atoms with van der Waals surface area (Å²) in [6.07, 6.45) is 4.24. The summed E-state index contributed by atoms with van der Waals surface area (Å²) in [6, 6.07) is 2.38. The third-order valence-electron chi connectivity index (χ3n) is 3.70. The molecule has 0 heterocycles. The van der Waals surface area contributed by atoms with Crippen molar-refractivity contribution in [1.29, 1.82) is 0 Å². The number of hydrogen-bond donors (Lipinski definition) is 2. The van der Waals surface area contributed by atoms with Crippen molar-refractivity contribution < 1.29 is 18.7 Å². The summed E-state index contributed by atoms with van der Waals surface area (Å²) in [5, 5.41) is 2.82. The first-order valence-corrected chi connectivity index (χ1v) is 7.94. The summed E-state index contributed by atoms with van der Waals surface area (Å²) in [5.74, 6) is 0.247. The Morgan fingerprint density at radius 1 is 1.17 bits per heavy atom. The number of carbonyl (C=O) groups is 1. The molecule has 6 heteroatoms. The van der Waals surface area contributed by atoms with Gasteiger partial charge >= 0.3 is 0 Å². The van der Waals surface area contributed by atoms with E-state index in [0.29, 0.717) is 30.0 Å². The monoisotopic (exact) mass is 326 g/mol. The maximum atomic E-state index is 14.1. The van der Waals surface area contributed by atoms with E-state index in [1.54, 1.807) is 13.0 Å². The van der Waals surface area contributed by atoms with Crippen LogP contribution in [0.2, 0.25) is 0 Å². The minimum atomic E-state index is -0.439. The smallest absolute Gasteiger partial charge is 0.220 e. The largest absolute Gasteiger partial charge is 0.493 e. The molecular formula is C17H27FN2O3. The molecule has 23 heavy (non-hydrogen) atoms. The molecule has 0 aliphatic carbocycles. The van der Waals surface area contributed by atoms with Crippen molar-refractivity contribution in [1.82, 2.24) is 5.32 Å². The van der Waals surface area contributed by atoms with E-state index in [9.17, 15) is 9.18 Å². The molecule has 1 atom stereocenters. The zero-order chi connectivity index (χ0) is 17.2. The standard InChI is InChI=1S/C17H27FN2O3/c1-12(20-17(21)8-6-4-5-7-9-19)13-10-15(22-2)16(23-3)11-14(13)18/h10-12H,4-9,19H2,1-3H3,(H,20,21). The maximum absolute atomic E-state index is 14.1. The molecule has 0 aliphatic heterocycles. The molecule has 5 nitrogen and oxygen atoms in total. The van der Waals surface area contributed by atoms with E-state index in [1.165, 1.54) is 20.3 Å². The van der Waals surface area contributed by atoms with Crippen molar-refractivity contribution in [2.45, 2.75) is 45.1 Å². The lowest BCUT2D eigenvalue weighted by molar-refractivity contribution is -0.121. The van der Waals surface area contributed by atoms with Crippen molar-refractivity contribution in [3.63, 3.8) is 0 Å². The van der Waals surface area contributed by atoms with Crippen LogP contribution in [0, 0.1) is 5.82 Å². The van der Waals surface area contributed by atoms with E-state index in [-0.39, 0.29) is 5.91 Å². The Morgan fingerprint density at radius 3 is 2.39 bits per heavy atom. The Bertz CT molecular complexity index is 509. The highest BCUT2D eigenvalue weighted by molar-refractivity contribution is 5.76. The first-order chi connectivity index (χ1) is 11.0. The van der Waals surface area contributed by atoms with E-state index in [2.05, 4.69) is 5.32 Å². The van der Waals surface area contributed by atoms with Crippen molar-refractivity contribution in [2.24, 2.45) is 5.73 Å². The minimum Gasteiger partial charge on any atom is -0.493 e. The number of methoxy groups -OCH3 is 2. The molecule has 0 saturated heterocycles. The number of hydrogen-bond acceptors (Lipinski definition) is 4. The Morgan fingerprint density at radius 2 is 1.78 bits per heavy atom. The summed E-state index contributed by atoms with van der Waals surface area (Å²) in [5.41, 5.74) is 5.80. The predicted octanol–water partition coefficient (Wildman–Crippen LogP) is 2.93. The summed E-state index contributed by atoms with van der Waals surface area (Å²) < 4.78 is 24.4. The molecule has 1 aromatic rings. The highest BCUT2D eigenvalue weighted by Crippen LogP contribution is 2.32. The summed E-state index contributed by atoms with van der Waals surface area (Å²) in [7, 11) is 2.94. The van der Waals surface area contributed by atoms with Crippen LogP contribution in [0.25, 0.3) is 0 Å². The third kappa shape index (κ3) is 6.06. The van der Waals surface area contributed by atoms with E-state index in [0.717, 1.165) is 25.7 Å². The lowest BCUT2D eigenvalue weighted by Crippen LogP contribution is -2.27. The molecule has 0 radical (unpaired) electrons. The average molecular weight is 326 g/mol. The molecule has 0 fully saturated rings. The highest BCUT2D eigenvalue weighted by Gasteiger charge is 2.17. The van der Waals surface area contributed by atoms with Crippen LogP contribution in [-0.4, -0.2) is 26.7 Å². The first-order valence-electron chi connectivity index (χ1n) is 7.94. The molecule has 130 valence electrons. The van der Waals surface area contributed by atoms with Crippen LogP contribution < -0.4 is 20.5 Å². The molecule has 0 aliphatic rings. The van der Waals surface area contributed by atoms with Crippen LogP contribution in [0.1, 0.15) is 50.6 Å². The minimum absolute atomic E-state index is 0.0839. The fourth-order valence-electron chi connectivity index (χ4n) is 2.38. The molecule has 1 unspecified atom stereocenters. The van der Waals surface area contributed by atoms with Crippen LogP contribution in [0.4, 0.5) is 4.39 Å². The van der Waals surface area contributed by atoms with Gasteiger partial charge in [-0.05, 0) is 32.4 Å². The summed E-state index contributed by atoms with van der Waals surface area (Å²) >= 11 is 0. The van der Waals surface area contributed by atoms with E-state index in [4.69, 9.17) is 15.2 Å². The van der Waals surface area contributed by atoms with Crippen LogP contribution in [-0.2, 0) is 4.79 Å². The van der Waals surface area contributed by atoms with Gasteiger partial charge in [-0.15, -0.1) is 0 Å². The van der Waals surface area contributed by atoms with Gasteiger partial charge in [0.2, 0.25) is 5.91 Å². The predicted molar refractivity (Wildman–Crippen MR) is 88.2 cm³/mol. The number of rotatable bonds is 10. The first kappa shape index (κ1) is 19.2. The summed E-state index contributed by atoms with van der Waals surface area (Å²) in [4.78, 5) is 11.9. The molecule has 3 N–H and O–H groups in total. The molecule has 0 bridgehead atoms. The van der Waals surface area contributed by atoms with Gasteiger partial charge in [0.1, 0.15) is 5.82 Å². The third-order valence-corrected chi connectivity index (χ3v) is 3.70. The van der Waals surface area contributed by atoms with Crippen LogP contribution in [0.5, 0.6) is 11.5 Å².